The van der Waals surface area contributed by atoms with Crippen molar-refractivity contribution in [3.8, 4) is 0 Å². The van der Waals surface area contributed by atoms with Crippen molar-refractivity contribution < 1.29 is 4.74 Å². The molecule has 0 aromatic heterocycles. The summed E-state index contributed by atoms with van der Waals surface area (Å²) in [5.74, 6) is 2.53. The SMILES string of the molecule is C=CC1CCC(C2C=CC(OCC)CC2)CC1. The molecule has 2 rings (SSSR count). The lowest BCUT2D eigenvalue weighted by Crippen LogP contribution is -2.24. The maximum absolute atomic E-state index is 5.65. The van der Waals surface area contributed by atoms with E-state index in [9.17, 15) is 0 Å². The molecule has 0 aliphatic heterocycles. The summed E-state index contributed by atoms with van der Waals surface area (Å²) < 4.78 is 5.65. The molecular formula is C16H26O. The second-order valence-electron chi connectivity index (χ2n) is 5.53. The van der Waals surface area contributed by atoms with E-state index in [1.54, 1.807) is 0 Å². The van der Waals surface area contributed by atoms with Gasteiger partial charge in [-0.2, -0.15) is 0 Å². The molecular weight excluding hydrogens is 208 g/mol. The minimum absolute atomic E-state index is 0.390. The average molecular weight is 234 g/mol. The third-order valence-electron chi connectivity index (χ3n) is 4.49. The van der Waals surface area contributed by atoms with Crippen LogP contribution in [0.5, 0.6) is 0 Å². The van der Waals surface area contributed by atoms with Gasteiger partial charge in [-0.05, 0) is 63.2 Å². The lowest BCUT2D eigenvalue weighted by atomic mass is 9.73. The Morgan fingerprint density at radius 2 is 1.88 bits per heavy atom. The van der Waals surface area contributed by atoms with E-state index in [-0.39, 0.29) is 0 Å². The molecule has 2 aliphatic rings. The highest BCUT2D eigenvalue weighted by molar-refractivity contribution is 5.02. The van der Waals surface area contributed by atoms with Crippen LogP contribution in [0.4, 0.5) is 0 Å². The van der Waals surface area contributed by atoms with E-state index in [0.717, 1.165) is 24.4 Å². The van der Waals surface area contributed by atoms with E-state index >= 15 is 0 Å². The summed E-state index contributed by atoms with van der Waals surface area (Å²) in [7, 11) is 0. The first-order chi connectivity index (χ1) is 8.33. The quantitative estimate of drug-likeness (QED) is 0.657. The highest BCUT2D eigenvalue weighted by Crippen LogP contribution is 2.38. The molecule has 0 heterocycles. The molecule has 0 bridgehead atoms. The monoisotopic (exact) mass is 234 g/mol. The van der Waals surface area contributed by atoms with E-state index in [4.69, 9.17) is 4.74 Å². The first-order valence-corrected chi connectivity index (χ1v) is 7.26. The van der Waals surface area contributed by atoms with E-state index < -0.39 is 0 Å². The Morgan fingerprint density at radius 1 is 1.12 bits per heavy atom. The third kappa shape index (κ3) is 3.45. The smallest absolute Gasteiger partial charge is 0.0755 e. The number of hydrogen-bond acceptors (Lipinski definition) is 1. The first-order valence-electron chi connectivity index (χ1n) is 7.26. The van der Waals surface area contributed by atoms with E-state index in [1.165, 1.54) is 38.5 Å². The van der Waals surface area contributed by atoms with E-state index in [0.29, 0.717) is 6.10 Å². The molecule has 2 aliphatic carbocycles. The number of rotatable bonds is 4. The minimum atomic E-state index is 0.390. The van der Waals surface area contributed by atoms with E-state index in [2.05, 4.69) is 31.7 Å². The van der Waals surface area contributed by atoms with Gasteiger partial charge in [-0.15, -0.1) is 6.58 Å². The van der Waals surface area contributed by atoms with Crippen molar-refractivity contribution >= 4 is 0 Å². The third-order valence-corrected chi connectivity index (χ3v) is 4.49. The number of allylic oxidation sites excluding steroid dienone is 2. The molecule has 96 valence electrons. The Kier molecular flexibility index (Phi) is 4.85. The highest BCUT2D eigenvalue weighted by atomic mass is 16.5. The molecule has 0 N–H and O–H groups in total. The Morgan fingerprint density at radius 3 is 2.41 bits per heavy atom. The fraction of sp³-hybridized carbons (Fsp3) is 0.750. The van der Waals surface area contributed by atoms with Crippen LogP contribution in [0.25, 0.3) is 0 Å². The Labute approximate surface area is 106 Å². The standard InChI is InChI=1S/C16H26O/c1-3-13-5-7-14(8-6-13)15-9-11-16(12-10-15)17-4-2/h3,9,11,13-16H,1,4-8,10,12H2,2H3. The van der Waals surface area contributed by atoms with Crippen LogP contribution in [0.15, 0.2) is 24.8 Å². The van der Waals surface area contributed by atoms with Gasteiger partial charge in [-0.25, -0.2) is 0 Å². The molecule has 0 radical (unpaired) electrons. The number of hydrogen-bond donors (Lipinski definition) is 0. The van der Waals surface area contributed by atoms with Crippen molar-refractivity contribution in [3.05, 3.63) is 24.8 Å². The summed E-state index contributed by atoms with van der Waals surface area (Å²) in [4.78, 5) is 0. The van der Waals surface area contributed by atoms with Crippen molar-refractivity contribution in [2.24, 2.45) is 17.8 Å². The van der Waals surface area contributed by atoms with Gasteiger partial charge in [-0.3, -0.25) is 0 Å². The normalized spacial score (nSPS) is 37.9. The summed E-state index contributed by atoms with van der Waals surface area (Å²) in [5, 5.41) is 0. The van der Waals surface area contributed by atoms with Gasteiger partial charge in [0, 0.05) is 6.61 Å². The topological polar surface area (TPSA) is 9.23 Å². The van der Waals surface area contributed by atoms with Gasteiger partial charge in [0.2, 0.25) is 0 Å². The molecule has 1 saturated carbocycles. The van der Waals surface area contributed by atoms with Crippen molar-refractivity contribution in [1.29, 1.82) is 0 Å². The lowest BCUT2D eigenvalue weighted by molar-refractivity contribution is 0.0760. The molecule has 0 aromatic carbocycles. The maximum Gasteiger partial charge on any atom is 0.0755 e. The van der Waals surface area contributed by atoms with Crippen LogP contribution < -0.4 is 0 Å². The van der Waals surface area contributed by atoms with Crippen molar-refractivity contribution in [2.75, 3.05) is 6.61 Å². The molecule has 1 nitrogen and oxygen atoms in total. The van der Waals surface area contributed by atoms with Gasteiger partial charge >= 0.3 is 0 Å². The van der Waals surface area contributed by atoms with E-state index in [1.807, 2.05) is 0 Å². The molecule has 1 heteroatoms. The Balaban J connectivity index is 1.80. The average Bonchev–Trinajstić information content (AvgIpc) is 2.40. The van der Waals surface area contributed by atoms with Crippen LogP contribution in [-0.2, 0) is 4.74 Å². The zero-order valence-electron chi connectivity index (χ0n) is 11.1. The predicted molar refractivity (Wildman–Crippen MR) is 72.9 cm³/mol. The van der Waals surface area contributed by atoms with Gasteiger partial charge in [0.15, 0.2) is 0 Å². The van der Waals surface area contributed by atoms with Crippen LogP contribution in [0.1, 0.15) is 45.4 Å². The Hall–Kier alpha value is -0.560. The van der Waals surface area contributed by atoms with Gasteiger partial charge < -0.3 is 4.74 Å². The molecule has 1 fully saturated rings. The van der Waals surface area contributed by atoms with Crippen LogP contribution in [0, 0.1) is 17.8 Å². The minimum Gasteiger partial charge on any atom is -0.374 e. The molecule has 2 unspecified atom stereocenters. The first kappa shape index (κ1) is 12.9. The summed E-state index contributed by atoms with van der Waals surface area (Å²) in [6, 6.07) is 0. The zero-order valence-corrected chi connectivity index (χ0v) is 11.1. The maximum atomic E-state index is 5.65. The van der Waals surface area contributed by atoms with Gasteiger partial charge in [0.1, 0.15) is 0 Å². The van der Waals surface area contributed by atoms with Gasteiger partial charge in [0.05, 0.1) is 6.10 Å². The fourth-order valence-electron chi connectivity index (χ4n) is 3.37. The second-order valence-corrected chi connectivity index (χ2v) is 5.53. The van der Waals surface area contributed by atoms with Crippen molar-refractivity contribution in [2.45, 2.75) is 51.6 Å². The fourth-order valence-corrected chi connectivity index (χ4v) is 3.37. The lowest BCUT2D eigenvalue weighted by Gasteiger charge is -2.34. The van der Waals surface area contributed by atoms with Crippen LogP contribution >= 0.6 is 0 Å². The van der Waals surface area contributed by atoms with Crippen LogP contribution in [-0.4, -0.2) is 12.7 Å². The Bertz CT molecular complexity index is 261. The molecule has 0 amide bonds. The highest BCUT2D eigenvalue weighted by Gasteiger charge is 2.27. The largest absolute Gasteiger partial charge is 0.374 e. The second kappa shape index (κ2) is 6.39. The predicted octanol–water partition coefficient (Wildman–Crippen LogP) is 4.35. The van der Waals surface area contributed by atoms with Crippen molar-refractivity contribution in [1.82, 2.24) is 0 Å². The molecule has 0 aromatic rings. The number of ether oxygens (including phenoxy) is 1. The summed E-state index contributed by atoms with van der Waals surface area (Å²) in [6.07, 6.45) is 15.3. The van der Waals surface area contributed by atoms with Gasteiger partial charge in [-0.1, -0.05) is 18.2 Å². The summed E-state index contributed by atoms with van der Waals surface area (Å²) in [6.45, 7) is 6.84. The zero-order chi connectivity index (χ0) is 12.1. The van der Waals surface area contributed by atoms with Gasteiger partial charge in [0.25, 0.3) is 0 Å². The molecule has 0 saturated heterocycles. The molecule has 17 heavy (non-hydrogen) atoms. The molecule has 0 spiro atoms. The molecule has 2 atom stereocenters. The van der Waals surface area contributed by atoms with Crippen molar-refractivity contribution in [3.63, 3.8) is 0 Å². The summed E-state index contributed by atoms with van der Waals surface area (Å²) >= 11 is 0. The van der Waals surface area contributed by atoms with Crippen LogP contribution in [0.2, 0.25) is 0 Å². The summed E-state index contributed by atoms with van der Waals surface area (Å²) in [5.41, 5.74) is 0. The van der Waals surface area contributed by atoms with Crippen LogP contribution in [0.3, 0.4) is 0 Å².